The molecule has 4 heteroatoms. The fraction of sp³-hybridized carbons (Fsp3) is 0.154. The van der Waals surface area contributed by atoms with Crippen LogP contribution in [0, 0.1) is 19.7 Å². The van der Waals surface area contributed by atoms with Crippen LogP contribution >= 0.6 is 0 Å². The molecule has 0 radical (unpaired) electrons. The third-order valence-electron chi connectivity index (χ3n) is 2.75. The Bertz CT molecular complexity index is 532. The normalized spacial score (nSPS) is 10.4. The highest BCUT2D eigenvalue weighted by atomic mass is 19.1. The third-order valence-corrected chi connectivity index (χ3v) is 2.75. The monoisotopic (exact) mass is 231 g/mol. The van der Waals surface area contributed by atoms with Crippen molar-refractivity contribution < 1.29 is 4.39 Å². The van der Waals surface area contributed by atoms with Crippen molar-refractivity contribution in [2.75, 3.05) is 5.43 Å². The molecule has 0 unspecified atom stereocenters. The van der Waals surface area contributed by atoms with E-state index in [4.69, 9.17) is 5.84 Å². The zero-order valence-corrected chi connectivity index (χ0v) is 9.79. The van der Waals surface area contributed by atoms with Crippen molar-refractivity contribution in [3.05, 3.63) is 47.5 Å². The summed E-state index contributed by atoms with van der Waals surface area (Å²) in [7, 11) is 0. The van der Waals surface area contributed by atoms with Crippen LogP contribution in [-0.4, -0.2) is 4.98 Å². The van der Waals surface area contributed by atoms with Gasteiger partial charge in [0.05, 0.1) is 5.69 Å². The van der Waals surface area contributed by atoms with Crippen LogP contribution in [0.1, 0.15) is 11.3 Å². The van der Waals surface area contributed by atoms with Gasteiger partial charge in [-0.3, -0.25) is 10.8 Å². The number of nitrogens with one attached hydrogen (secondary N) is 1. The molecule has 1 aromatic heterocycles. The number of nitrogens with zero attached hydrogens (tertiary/aromatic N) is 1. The Morgan fingerprint density at radius 3 is 2.59 bits per heavy atom. The van der Waals surface area contributed by atoms with Gasteiger partial charge in [0.25, 0.3) is 0 Å². The number of halogens is 1. The molecule has 88 valence electrons. The Labute approximate surface area is 99.5 Å². The lowest BCUT2D eigenvalue weighted by Crippen LogP contribution is -2.07. The highest BCUT2D eigenvalue weighted by molar-refractivity contribution is 5.71. The van der Waals surface area contributed by atoms with Crippen molar-refractivity contribution in [1.82, 2.24) is 4.98 Å². The van der Waals surface area contributed by atoms with Gasteiger partial charge in [-0.05, 0) is 43.7 Å². The summed E-state index contributed by atoms with van der Waals surface area (Å²) in [5, 5.41) is 0. The first kappa shape index (κ1) is 11.5. The molecule has 0 aliphatic carbocycles. The number of aromatic nitrogens is 1. The number of nitrogen functional groups attached to an aromatic ring is 1. The Kier molecular flexibility index (Phi) is 3.06. The van der Waals surface area contributed by atoms with Crippen molar-refractivity contribution in [2.45, 2.75) is 13.8 Å². The molecule has 0 atom stereocenters. The lowest BCUT2D eigenvalue weighted by Gasteiger charge is -2.11. The van der Waals surface area contributed by atoms with Crippen molar-refractivity contribution in [2.24, 2.45) is 5.84 Å². The highest BCUT2D eigenvalue weighted by Gasteiger charge is 2.11. The van der Waals surface area contributed by atoms with Gasteiger partial charge < -0.3 is 5.43 Å². The number of hydrogen-bond donors (Lipinski definition) is 2. The molecule has 0 aliphatic heterocycles. The number of anilines is 1. The van der Waals surface area contributed by atoms with Gasteiger partial charge in [0.15, 0.2) is 0 Å². The summed E-state index contributed by atoms with van der Waals surface area (Å²) in [6.45, 7) is 3.81. The minimum absolute atomic E-state index is 0.306. The Morgan fingerprint density at radius 2 is 2.00 bits per heavy atom. The van der Waals surface area contributed by atoms with E-state index >= 15 is 0 Å². The van der Waals surface area contributed by atoms with Gasteiger partial charge in [0.1, 0.15) is 5.82 Å². The van der Waals surface area contributed by atoms with E-state index in [9.17, 15) is 4.39 Å². The fourth-order valence-electron chi connectivity index (χ4n) is 1.91. The van der Waals surface area contributed by atoms with Gasteiger partial charge in [-0.25, -0.2) is 4.39 Å². The highest BCUT2D eigenvalue weighted by Crippen LogP contribution is 2.29. The molecular weight excluding hydrogens is 217 g/mol. The number of rotatable bonds is 2. The molecule has 0 amide bonds. The maximum Gasteiger partial charge on any atom is 0.133 e. The summed E-state index contributed by atoms with van der Waals surface area (Å²) < 4.78 is 14.0. The summed E-state index contributed by atoms with van der Waals surface area (Å²) >= 11 is 0. The van der Waals surface area contributed by atoms with Crippen molar-refractivity contribution in [3.63, 3.8) is 0 Å². The first-order valence-electron chi connectivity index (χ1n) is 5.32. The van der Waals surface area contributed by atoms with Crippen LogP contribution in [0.3, 0.4) is 0 Å². The molecule has 2 aromatic rings. The van der Waals surface area contributed by atoms with Gasteiger partial charge in [-0.2, -0.15) is 0 Å². The molecule has 1 aromatic carbocycles. The summed E-state index contributed by atoms with van der Waals surface area (Å²) in [6.07, 6.45) is 1.72. The maximum atomic E-state index is 14.0. The Morgan fingerprint density at radius 1 is 1.24 bits per heavy atom. The largest absolute Gasteiger partial charge is 0.324 e. The molecule has 1 heterocycles. The average molecular weight is 231 g/mol. The molecule has 3 N–H and O–H groups in total. The van der Waals surface area contributed by atoms with Crippen LogP contribution in [0.15, 0.2) is 30.5 Å². The molecule has 0 saturated heterocycles. The zero-order chi connectivity index (χ0) is 12.4. The van der Waals surface area contributed by atoms with Gasteiger partial charge in [-0.15, -0.1) is 0 Å². The van der Waals surface area contributed by atoms with Crippen LogP contribution in [0.25, 0.3) is 11.1 Å². The van der Waals surface area contributed by atoms with Crippen LogP contribution in [0.4, 0.5) is 10.1 Å². The number of hydrazine groups is 1. The number of pyridine rings is 1. The van der Waals surface area contributed by atoms with E-state index in [1.165, 1.54) is 6.07 Å². The smallest absolute Gasteiger partial charge is 0.133 e. The second-order valence-corrected chi connectivity index (χ2v) is 3.93. The molecular formula is C13H14FN3. The number of aryl methyl sites for hydroxylation is 2. The molecule has 0 saturated carbocycles. The fourth-order valence-corrected chi connectivity index (χ4v) is 1.91. The minimum Gasteiger partial charge on any atom is -0.324 e. The van der Waals surface area contributed by atoms with Crippen LogP contribution in [0.5, 0.6) is 0 Å². The summed E-state index contributed by atoms with van der Waals surface area (Å²) in [5.74, 6) is 4.93. The molecule has 0 fully saturated rings. The van der Waals surface area contributed by atoms with Crippen molar-refractivity contribution in [1.29, 1.82) is 0 Å². The quantitative estimate of drug-likeness (QED) is 0.617. The first-order valence-corrected chi connectivity index (χ1v) is 5.32. The summed E-state index contributed by atoms with van der Waals surface area (Å²) in [4.78, 5) is 4.19. The van der Waals surface area contributed by atoms with E-state index < -0.39 is 0 Å². The van der Waals surface area contributed by atoms with Gasteiger partial charge >= 0.3 is 0 Å². The number of benzene rings is 1. The number of nitrogens with two attached hydrogens (primary N) is 1. The van der Waals surface area contributed by atoms with Gasteiger partial charge in [-0.1, -0.05) is 0 Å². The van der Waals surface area contributed by atoms with E-state index in [2.05, 4.69) is 10.4 Å². The van der Waals surface area contributed by atoms with Gasteiger partial charge in [0.2, 0.25) is 0 Å². The minimum atomic E-state index is -0.306. The molecule has 17 heavy (non-hydrogen) atoms. The van der Waals surface area contributed by atoms with Crippen LogP contribution in [-0.2, 0) is 0 Å². The summed E-state index contributed by atoms with van der Waals surface area (Å²) in [6, 6.07) is 6.70. The summed E-state index contributed by atoms with van der Waals surface area (Å²) in [5.41, 5.74) is 6.18. The van der Waals surface area contributed by atoms with E-state index in [0.29, 0.717) is 11.3 Å². The first-order chi connectivity index (χ1) is 8.13. The van der Waals surface area contributed by atoms with Crippen molar-refractivity contribution >= 4 is 5.69 Å². The second kappa shape index (κ2) is 4.51. The topological polar surface area (TPSA) is 50.9 Å². The van der Waals surface area contributed by atoms with E-state index in [1.807, 2.05) is 19.9 Å². The third kappa shape index (κ3) is 2.12. The molecule has 0 aliphatic rings. The lowest BCUT2D eigenvalue weighted by atomic mass is 9.99. The SMILES string of the molecule is Cc1ccnc(C)c1-c1ccc(NN)cc1F. The van der Waals surface area contributed by atoms with E-state index in [0.717, 1.165) is 16.8 Å². The standard InChI is InChI=1S/C13H14FN3/c1-8-5-6-16-9(2)13(8)11-4-3-10(17-15)7-12(11)14/h3-7,17H,15H2,1-2H3. The predicted octanol–water partition coefficient (Wildman–Crippen LogP) is 2.79. The second-order valence-electron chi connectivity index (χ2n) is 3.93. The van der Waals surface area contributed by atoms with E-state index in [1.54, 1.807) is 18.3 Å². The lowest BCUT2D eigenvalue weighted by molar-refractivity contribution is 0.631. The maximum absolute atomic E-state index is 14.0. The Balaban J connectivity index is 2.61. The van der Waals surface area contributed by atoms with Crippen LogP contribution in [0.2, 0.25) is 0 Å². The average Bonchev–Trinajstić information content (AvgIpc) is 2.30. The molecule has 3 nitrogen and oxygen atoms in total. The van der Waals surface area contributed by atoms with Crippen LogP contribution < -0.4 is 11.3 Å². The molecule has 0 bridgehead atoms. The zero-order valence-electron chi connectivity index (χ0n) is 9.79. The van der Waals surface area contributed by atoms with Crippen molar-refractivity contribution in [3.8, 4) is 11.1 Å². The van der Waals surface area contributed by atoms with E-state index in [-0.39, 0.29) is 5.82 Å². The number of hydrogen-bond acceptors (Lipinski definition) is 3. The Hall–Kier alpha value is -1.94. The van der Waals surface area contributed by atoms with Gasteiger partial charge in [0, 0.05) is 23.0 Å². The predicted molar refractivity (Wildman–Crippen MR) is 66.9 cm³/mol. The molecule has 0 spiro atoms. The molecule has 2 rings (SSSR count).